The van der Waals surface area contributed by atoms with Crippen LogP contribution in [-0.2, 0) is 19.6 Å². The number of aliphatic hydroxyl groups excluding tert-OH is 4. The van der Waals surface area contributed by atoms with Gasteiger partial charge in [-0.1, -0.05) is 12.0 Å². The zero-order valence-electron chi connectivity index (χ0n) is 12.5. The van der Waals surface area contributed by atoms with Gasteiger partial charge in [-0.25, -0.2) is 9.68 Å². The third-order valence-electron chi connectivity index (χ3n) is 2.74. The van der Waals surface area contributed by atoms with Crippen molar-refractivity contribution in [3.8, 4) is 0 Å². The van der Waals surface area contributed by atoms with Crippen LogP contribution < -0.4 is 0 Å². The number of hydrogen-bond acceptors (Lipinski definition) is 8. The van der Waals surface area contributed by atoms with Crippen LogP contribution in [0.15, 0.2) is 0 Å². The Balaban J connectivity index is 5.11. The molecule has 4 atom stereocenters. The maximum atomic E-state index is 11.4. The normalized spacial score (nSPS) is 19.6. The van der Waals surface area contributed by atoms with Crippen molar-refractivity contribution in [1.82, 2.24) is 0 Å². The molecule has 0 rings (SSSR count). The van der Waals surface area contributed by atoms with Crippen molar-refractivity contribution in [3.63, 3.8) is 0 Å². The van der Waals surface area contributed by atoms with Gasteiger partial charge in [0, 0.05) is 0 Å². The van der Waals surface area contributed by atoms with Crippen molar-refractivity contribution >= 4 is 5.97 Å². The molecule has 0 heterocycles. The van der Waals surface area contributed by atoms with E-state index in [0.717, 1.165) is 0 Å². The van der Waals surface area contributed by atoms with Crippen molar-refractivity contribution in [1.29, 1.82) is 0 Å². The Morgan fingerprint density at radius 1 is 1.14 bits per heavy atom. The molecule has 0 aliphatic heterocycles. The zero-order valence-corrected chi connectivity index (χ0v) is 12.5. The van der Waals surface area contributed by atoms with Crippen LogP contribution in [0.3, 0.4) is 0 Å². The summed E-state index contributed by atoms with van der Waals surface area (Å²) in [5.74, 6) is -1.63. The molecule has 0 aliphatic rings. The van der Waals surface area contributed by atoms with Gasteiger partial charge in [-0.05, 0) is 27.2 Å². The Morgan fingerprint density at radius 2 is 1.67 bits per heavy atom. The summed E-state index contributed by atoms with van der Waals surface area (Å²) in [5.41, 5.74) is -3.17. The van der Waals surface area contributed by atoms with Gasteiger partial charge in [0.1, 0.15) is 18.3 Å². The fourth-order valence-corrected chi connectivity index (χ4v) is 1.40. The summed E-state index contributed by atoms with van der Waals surface area (Å²) in [5, 5.41) is 51.3. The number of rotatable bonds is 9. The molecule has 0 fully saturated rings. The van der Waals surface area contributed by atoms with E-state index in [1.807, 2.05) is 0 Å². The van der Waals surface area contributed by atoms with Crippen molar-refractivity contribution in [2.45, 2.75) is 63.6 Å². The minimum Gasteiger partial charge on any atom is -0.479 e. The molecule has 9 nitrogen and oxygen atoms in total. The van der Waals surface area contributed by atoms with Gasteiger partial charge in [-0.15, -0.1) is 0 Å². The summed E-state index contributed by atoms with van der Waals surface area (Å²) in [6, 6.07) is 0. The highest BCUT2D eigenvalue weighted by molar-refractivity contribution is 5.78. The van der Waals surface area contributed by atoms with Crippen molar-refractivity contribution < 1.29 is 45.1 Å². The molecule has 0 saturated carbocycles. The monoisotopic (exact) mass is 312 g/mol. The fourth-order valence-electron chi connectivity index (χ4n) is 1.40. The summed E-state index contributed by atoms with van der Waals surface area (Å²) < 4.78 is 0. The molecule has 126 valence electrons. The third-order valence-corrected chi connectivity index (χ3v) is 2.74. The lowest BCUT2D eigenvalue weighted by molar-refractivity contribution is -0.566. The number of carboxylic acid groups (broad SMARTS) is 1. The predicted octanol–water partition coefficient (Wildman–Crippen LogP) is -1.03. The highest BCUT2D eigenvalue weighted by Crippen LogP contribution is 2.26. The van der Waals surface area contributed by atoms with Crippen LogP contribution in [0.4, 0.5) is 0 Å². The molecule has 9 heteroatoms. The lowest BCUT2D eigenvalue weighted by Gasteiger charge is -2.35. The van der Waals surface area contributed by atoms with E-state index in [-0.39, 0.29) is 6.42 Å². The molecule has 4 unspecified atom stereocenters. The minimum absolute atomic E-state index is 0.299. The molecule has 0 saturated heterocycles. The second-order valence-electron chi connectivity index (χ2n) is 5.58. The van der Waals surface area contributed by atoms with Gasteiger partial charge in [-0.2, -0.15) is 4.89 Å². The summed E-state index contributed by atoms with van der Waals surface area (Å²) >= 11 is 0. The highest BCUT2D eigenvalue weighted by Gasteiger charge is 2.52. The van der Waals surface area contributed by atoms with Gasteiger partial charge < -0.3 is 25.5 Å². The lowest BCUT2D eigenvalue weighted by Crippen LogP contribution is -2.59. The van der Waals surface area contributed by atoms with E-state index >= 15 is 0 Å². The lowest BCUT2D eigenvalue weighted by atomic mass is 9.88. The summed E-state index contributed by atoms with van der Waals surface area (Å²) in [7, 11) is 0. The number of hydrogen-bond donors (Lipinski definition) is 5. The van der Waals surface area contributed by atoms with Crippen LogP contribution in [0.25, 0.3) is 0 Å². The summed E-state index contributed by atoms with van der Waals surface area (Å²) in [6.07, 6.45) is -6.06. The number of carboxylic acids is 1. The summed E-state index contributed by atoms with van der Waals surface area (Å²) in [4.78, 5) is 20.8. The van der Waals surface area contributed by atoms with Crippen molar-refractivity contribution in [2.24, 2.45) is 0 Å². The van der Waals surface area contributed by atoms with E-state index < -0.39 is 42.1 Å². The SMILES string of the molecule is CCC(OOOC(C)(C)C)(C(=O)O)C(O)C(O)C(O)CO. The van der Waals surface area contributed by atoms with E-state index in [9.17, 15) is 25.2 Å². The molecule has 0 radical (unpaired) electrons. The minimum atomic E-state index is -2.37. The maximum Gasteiger partial charge on any atom is 0.342 e. The second-order valence-corrected chi connectivity index (χ2v) is 5.58. The maximum absolute atomic E-state index is 11.4. The van der Waals surface area contributed by atoms with Crippen LogP contribution in [0.1, 0.15) is 34.1 Å². The summed E-state index contributed by atoms with van der Waals surface area (Å²) in [6.45, 7) is 5.36. The Bertz CT molecular complexity index is 327. The first-order chi connectivity index (χ1) is 9.51. The molecule has 21 heavy (non-hydrogen) atoms. The van der Waals surface area contributed by atoms with Crippen LogP contribution in [0.5, 0.6) is 0 Å². The topological polar surface area (TPSA) is 146 Å². The average molecular weight is 312 g/mol. The second kappa shape index (κ2) is 7.99. The number of aliphatic carboxylic acids is 1. The van der Waals surface area contributed by atoms with Crippen LogP contribution >= 0.6 is 0 Å². The number of aliphatic hydroxyl groups is 4. The van der Waals surface area contributed by atoms with Gasteiger partial charge >= 0.3 is 5.97 Å². The van der Waals surface area contributed by atoms with E-state index in [1.165, 1.54) is 6.92 Å². The first-order valence-corrected chi connectivity index (χ1v) is 6.43. The van der Waals surface area contributed by atoms with Gasteiger partial charge in [-0.3, -0.25) is 0 Å². The largest absolute Gasteiger partial charge is 0.479 e. The van der Waals surface area contributed by atoms with E-state index in [1.54, 1.807) is 20.8 Å². The molecule has 0 aromatic carbocycles. The van der Waals surface area contributed by atoms with Crippen LogP contribution in [0.2, 0.25) is 0 Å². The smallest absolute Gasteiger partial charge is 0.342 e. The number of carbonyl (C=O) groups is 1. The molecule has 0 bridgehead atoms. The average Bonchev–Trinajstić information content (AvgIpc) is 2.39. The third kappa shape index (κ3) is 5.47. The molecule has 5 N–H and O–H groups in total. The fraction of sp³-hybridized carbons (Fsp3) is 0.917. The standard InChI is InChI=1S/C12H24O9/c1-5-12(10(17)18,20-21-19-11(2,3)4)9(16)8(15)7(14)6-13/h7-9,13-16H,5-6H2,1-4H3,(H,17,18). The van der Waals surface area contributed by atoms with E-state index in [4.69, 9.17) is 9.99 Å². The molecular formula is C12H24O9. The van der Waals surface area contributed by atoms with Crippen molar-refractivity contribution in [2.75, 3.05) is 6.61 Å². The van der Waals surface area contributed by atoms with Crippen LogP contribution in [-0.4, -0.2) is 67.6 Å². The van der Waals surface area contributed by atoms with Gasteiger partial charge in [0.25, 0.3) is 0 Å². The Hall–Kier alpha value is -0.810. The van der Waals surface area contributed by atoms with Crippen LogP contribution in [0, 0.1) is 0 Å². The molecule has 0 aliphatic carbocycles. The quantitative estimate of drug-likeness (QED) is 0.266. The Labute approximate surface area is 122 Å². The van der Waals surface area contributed by atoms with Crippen molar-refractivity contribution in [3.05, 3.63) is 0 Å². The molecule has 0 amide bonds. The molecule has 0 aromatic heterocycles. The molecule has 0 aromatic rings. The Kier molecular flexibility index (Phi) is 7.68. The first kappa shape index (κ1) is 20.2. The first-order valence-electron chi connectivity index (χ1n) is 6.43. The van der Waals surface area contributed by atoms with Gasteiger partial charge in [0.15, 0.2) is 0 Å². The predicted molar refractivity (Wildman–Crippen MR) is 68.8 cm³/mol. The van der Waals surface area contributed by atoms with E-state index in [0.29, 0.717) is 0 Å². The molecular weight excluding hydrogens is 288 g/mol. The van der Waals surface area contributed by atoms with Gasteiger partial charge in [0.2, 0.25) is 5.60 Å². The Morgan fingerprint density at radius 3 is 2.00 bits per heavy atom. The zero-order chi connectivity index (χ0) is 16.8. The highest BCUT2D eigenvalue weighted by atomic mass is 17.5. The molecule has 0 spiro atoms. The van der Waals surface area contributed by atoms with E-state index in [2.05, 4.69) is 9.93 Å². The van der Waals surface area contributed by atoms with Gasteiger partial charge in [0.05, 0.1) is 12.2 Å².